The van der Waals surface area contributed by atoms with Crippen LogP contribution >= 0.6 is 0 Å². The van der Waals surface area contributed by atoms with Gasteiger partial charge in [-0.25, -0.2) is 0 Å². The summed E-state index contributed by atoms with van der Waals surface area (Å²) in [4.78, 5) is 2.54. The van der Waals surface area contributed by atoms with Gasteiger partial charge in [-0.15, -0.1) is 0 Å². The average Bonchev–Trinajstić information content (AvgIpc) is 3.46. The molecular weight excluding hydrogens is 797 g/mol. The Morgan fingerprint density at radius 1 is 0.545 bits per heavy atom. The van der Waals surface area contributed by atoms with Crippen molar-refractivity contribution in [3.05, 3.63) is 229 Å². The zero-order valence-corrected chi connectivity index (χ0v) is 39.0. The first-order valence-corrected chi connectivity index (χ1v) is 23.8. The summed E-state index contributed by atoms with van der Waals surface area (Å²) in [6.07, 6.45) is 11.1. The first-order valence-electron chi connectivity index (χ1n) is 23.8. The van der Waals surface area contributed by atoms with Crippen molar-refractivity contribution in [3.63, 3.8) is 0 Å². The maximum Gasteiger partial charge on any atom is 0.220 e. The van der Waals surface area contributed by atoms with Gasteiger partial charge in [0.2, 0.25) is 5.69 Å². The lowest BCUT2D eigenvalue weighted by Gasteiger charge is -2.39. The summed E-state index contributed by atoms with van der Waals surface area (Å²) in [5.74, 6) is 0.337. The summed E-state index contributed by atoms with van der Waals surface area (Å²) in [7, 11) is 2.31. The zero-order chi connectivity index (χ0) is 45.2. The molecular formula is C64H59N2+. The van der Waals surface area contributed by atoms with Crippen molar-refractivity contribution in [2.24, 2.45) is 5.92 Å². The molecule has 2 heterocycles. The van der Waals surface area contributed by atoms with Gasteiger partial charge in [-0.1, -0.05) is 166 Å². The molecule has 0 bridgehead atoms. The van der Waals surface area contributed by atoms with Crippen molar-refractivity contribution >= 4 is 27.2 Å². The van der Waals surface area contributed by atoms with Crippen LogP contribution in [-0.4, -0.2) is 18.5 Å². The van der Waals surface area contributed by atoms with Gasteiger partial charge in [-0.05, 0) is 147 Å². The van der Waals surface area contributed by atoms with E-state index in [0.717, 1.165) is 25.9 Å². The van der Waals surface area contributed by atoms with E-state index < -0.39 is 0 Å². The predicted octanol–water partition coefficient (Wildman–Crippen LogP) is 16.2. The van der Waals surface area contributed by atoms with Crippen molar-refractivity contribution in [2.45, 2.75) is 52.5 Å². The minimum atomic E-state index is -0.0625. The monoisotopic (exact) mass is 855 g/mol. The molecule has 0 radical (unpaired) electrons. The molecule has 1 aromatic heterocycles. The number of aromatic nitrogens is 1. The second-order valence-corrected chi connectivity index (χ2v) is 18.3. The Morgan fingerprint density at radius 3 is 1.88 bits per heavy atom. The molecule has 324 valence electrons. The van der Waals surface area contributed by atoms with Gasteiger partial charge < -0.3 is 4.90 Å². The summed E-state index contributed by atoms with van der Waals surface area (Å²) in [5, 5.41) is 5.09. The lowest BCUT2D eigenvalue weighted by atomic mass is 9.65. The molecule has 0 aliphatic carbocycles. The largest absolute Gasteiger partial charge is 0.374 e. The second kappa shape index (κ2) is 18.3. The van der Waals surface area contributed by atoms with Gasteiger partial charge in [0.25, 0.3) is 0 Å². The molecule has 0 fully saturated rings. The molecule has 1 atom stereocenters. The van der Waals surface area contributed by atoms with Crippen LogP contribution in [0.4, 0.5) is 0 Å². The third-order valence-electron chi connectivity index (χ3n) is 14.7. The van der Waals surface area contributed by atoms with E-state index in [-0.39, 0.29) is 5.41 Å². The van der Waals surface area contributed by atoms with Crippen molar-refractivity contribution < 1.29 is 4.57 Å². The fraction of sp³-hybridized carbons (Fsp3) is 0.172. The van der Waals surface area contributed by atoms with Crippen LogP contribution in [0.2, 0.25) is 0 Å². The number of pyridine rings is 1. The molecule has 0 spiro atoms. The van der Waals surface area contributed by atoms with Crippen LogP contribution in [0.1, 0.15) is 50.3 Å². The second-order valence-electron chi connectivity index (χ2n) is 18.3. The first kappa shape index (κ1) is 42.6. The van der Waals surface area contributed by atoms with E-state index in [2.05, 4.69) is 257 Å². The number of nitrogens with zero attached hydrogens (tertiary/aromatic N) is 2. The molecule has 1 unspecified atom stereocenters. The van der Waals surface area contributed by atoms with Crippen LogP contribution < -0.4 is 4.57 Å². The molecule has 0 saturated heterocycles. The molecule has 9 aromatic rings. The molecule has 0 amide bonds. The summed E-state index contributed by atoms with van der Waals surface area (Å²) in [5.41, 5.74) is 17.6. The fourth-order valence-electron chi connectivity index (χ4n) is 11.1. The minimum Gasteiger partial charge on any atom is -0.374 e. The summed E-state index contributed by atoms with van der Waals surface area (Å²) in [6, 6.07) is 69.9. The highest BCUT2D eigenvalue weighted by Crippen LogP contribution is 2.48. The highest BCUT2D eigenvalue weighted by atomic mass is 15.1. The van der Waals surface area contributed by atoms with Crippen molar-refractivity contribution in [2.75, 3.05) is 13.6 Å². The average molecular weight is 856 g/mol. The maximum atomic E-state index is 2.57. The first-order chi connectivity index (χ1) is 32.4. The van der Waals surface area contributed by atoms with Crippen LogP contribution in [0.25, 0.3) is 83.0 Å². The Kier molecular flexibility index (Phi) is 11.8. The van der Waals surface area contributed by atoms with Crippen LogP contribution in [-0.2, 0) is 12.0 Å². The van der Waals surface area contributed by atoms with E-state index in [1.807, 2.05) is 0 Å². The van der Waals surface area contributed by atoms with Gasteiger partial charge in [0.05, 0.1) is 5.39 Å². The summed E-state index contributed by atoms with van der Waals surface area (Å²) >= 11 is 0. The van der Waals surface area contributed by atoms with Gasteiger partial charge in [0.15, 0.2) is 12.7 Å². The van der Waals surface area contributed by atoms with E-state index in [1.54, 1.807) is 0 Å². The number of hydrogen-bond donors (Lipinski definition) is 0. The molecule has 0 saturated carbocycles. The molecule has 10 rings (SSSR count). The minimum absolute atomic E-state index is 0.0625. The molecule has 2 nitrogen and oxygen atoms in total. The lowest BCUT2D eigenvalue weighted by molar-refractivity contribution is -0.693. The smallest absolute Gasteiger partial charge is 0.220 e. The van der Waals surface area contributed by atoms with E-state index in [9.17, 15) is 0 Å². The quantitative estimate of drug-likeness (QED) is 0.124. The Morgan fingerprint density at radius 2 is 1.12 bits per heavy atom. The molecule has 66 heavy (non-hydrogen) atoms. The molecule has 2 heteroatoms. The number of aryl methyl sites for hydroxylation is 1. The number of allylic oxidation sites excluding steroid dienone is 3. The third-order valence-corrected chi connectivity index (χ3v) is 14.7. The Bertz CT molecular complexity index is 3270. The molecule has 1 aliphatic rings. The number of fused-ring (bicyclic) bond motifs is 3. The lowest BCUT2D eigenvalue weighted by Crippen LogP contribution is -2.49. The van der Waals surface area contributed by atoms with Gasteiger partial charge in [-0.3, -0.25) is 0 Å². The van der Waals surface area contributed by atoms with E-state index >= 15 is 0 Å². The van der Waals surface area contributed by atoms with Gasteiger partial charge in [0, 0.05) is 47.8 Å². The molecule has 1 aliphatic heterocycles. The van der Waals surface area contributed by atoms with Crippen molar-refractivity contribution in [1.82, 2.24) is 4.90 Å². The van der Waals surface area contributed by atoms with Crippen LogP contribution in [0.15, 0.2) is 212 Å². The molecule has 0 N–H and O–H groups in total. The Labute approximate surface area is 391 Å². The van der Waals surface area contributed by atoms with E-state index in [4.69, 9.17) is 0 Å². The van der Waals surface area contributed by atoms with Crippen LogP contribution in [0.3, 0.4) is 0 Å². The summed E-state index contributed by atoms with van der Waals surface area (Å²) < 4.78 is 2.57. The summed E-state index contributed by atoms with van der Waals surface area (Å²) in [6.45, 7) is 11.0. The van der Waals surface area contributed by atoms with E-state index in [1.165, 1.54) is 99.7 Å². The maximum absolute atomic E-state index is 2.57. The van der Waals surface area contributed by atoms with E-state index in [0.29, 0.717) is 5.92 Å². The predicted molar refractivity (Wildman–Crippen MR) is 281 cm³/mol. The standard InChI is InChI=1S/C64H59N2/c1-6-9-33-62-60-42-51(49-27-19-28-50(38-49)53-39-52(46-22-11-10-12-23-46)40-54(41-53)58-32-20-26-47-24-14-17-30-57(47)58)34-35-61(60)64(7-2,8-3)55(43-65(62)5)44-66-37-36-48-25-15-18-31-59(48)63(66)56-29-16-13-21-45(56)4/h6,9-42,55H,7-8,43-44H2,1-5H3/q+1. The topological polar surface area (TPSA) is 7.12 Å². The normalized spacial score (nSPS) is 15.4. The van der Waals surface area contributed by atoms with Gasteiger partial charge in [-0.2, -0.15) is 4.57 Å². The number of rotatable bonds is 10. The van der Waals surface area contributed by atoms with Gasteiger partial charge >= 0.3 is 0 Å². The fourth-order valence-corrected chi connectivity index (χ4v) is 11.1. The third kappa shape index (κ3) is 7.85. The van der Waals surface area contributed by atoms with Crippen LogP contribution in [0.5, 0.6) is 0 Å². The number of benzene rings is 8. The highest BCUT2D eigenvalue weighted by Gasteiger charge is 2.45. The highest BCUT2D eigenvalue weighted by molar-refractivity contribution is 5.98. The van der Waals surface area contributed by atoms with Crippen molar-refractivity contribution in [3.8, 4) is 55.8 Å². The zero-order valence-electron chi connectivity index (χ0n) is 39.0. The van der Waals surface area contributed by atoms with Gasteiger partial charge in [0.1, 0.15) is 0 Å². The molecule has 8 aromatic carbocycles. The Hall–Kier alpha value is -7.29. The number of hydrogen-bond acceptors (Lipinski definition) is 1. The van der Waals surface area contributed by atoms with Crippen molar-refractivity contribution in [1.29, 1.82) is 0 Å². The Balaban J connectivity index is 1.09. The van der Waals surface area contributed by atoms with Crippen LogP contribution in [0, 0.1) is 12.8 Å². The SMILES string of the molecule is CC=CC=C1c2cc(-c3cccc(-c4cc(-c5ccccc5)cc(-c5cccc6ccccc56)c4)c3)ccc2C(CC)(CC)C(C[n+]2ccc3ccccc3c2-c2ccccc2C)CN1C.